The Bertz CT molecular complexity index is 872. The average molecular weight is 369 g/mol. The molecule has 0 saturated heterocycles. The molecule has 9 heteroatoms. The lowest BCUT2D eigenvalue weighted by Crippen LogP contribution is -2.44. The second kappa shape index (κ2) is 7.58. The van der Waals surface area contributed by atoms with Gasteiger partial charge in [0.05, 0.1) is 11.4 Å². The van der Waals surface area contributed by atoms with Gasteiger partial charge in [0, 0.05) is 14.1 Å². The lowest BCUT2D eigenvalue weighted by Gasteiger charge is -2.27. The largest absolute Gasteiger partial charge is 0.322 e. The van der Waals surface area contributed by atoms with Gasteiger partial charge in [0.25, 0.3) is 0 Å². The maximum absolute atomic E-state index is 14.1. The molecule has 0 spiro atoms. The van der Waals surface area contributed by atoms with Crippen molar-refractivity contribution < 1.29 is 22.0 Å². The third-order valence-electron chi connectivity index (χ3n) is 3.30. The number of nitrogens with one attached hydrogen (secondary N) is 1. The van der Waals surface area contributed by atoms with E-state index in [-0.39, 0.29) is 11.4 Å². The van der Waals surface area contributed by atoms with Gasteiger partial charge in [0.2, 0.25) is 5.91 Å². The van der Waals surface area contributed by atoms with Crippen molar-refractivity contribution in [3.8, 4) is 0 Å². The Labute approximate surface area is 144 Å². The van der Waals surface area contributed by atoms with Gasteiger partial charge in [0.15, 0.2) is 0 Å². The van der Waals surface area contributed by atoms with Crippen LogP contribution in [0.5, 0.6) is 0 Å². The van der Waals surface area contributed by atoms with Crippen molar-refractivity contribution in [2.75, 3.05) is 30.3 Å². The first-order valence-electron chi connectivity index (χ1n) is 7.22. The molecule has 0 aromatic heterocycles. The highest BCUT2D eigenvalue weighted by Gasteiger charge is 2.29. The van der Waals surface area contributed by atoms with Gasteiger partial charge in [-0.15, -0.1) is 0 Å². The number of halogens is 2. The van der Waals surface area contributed by atoms with Crippen molar-refractivity contribution in [1.82, 2.24) is 4.31 Å². The molecule has 0 saturated carbocycles. The maximum atomic E-state index is 14.1. The molecule has 0 radical (unpaired) electrons. The van der Waals surface area contributed by atoms with Crippen LogP contribution in [0.4, 0.5) is 20.2 Å². The van der Waals surface area contributed by atoms with E-state index in [0.717, 1.165) is 16.4 Å². The lowest BCUT2D eigenvalue weighted by atomic mass is 10.3. The Balaban J connectivity index is 2.33. The first kappa shape index (κ1) is 18.8. The van der Waals surface area contributed by atoms with Crippen LogP contribution in [-0.2, 0) is 15.0 Å². The van der Waals surface area contributed by atoms with Crippen LogP contribution in [0.25, 0.3) is 0 Å². The third kappa shape index (κ3) is 4.31. The topological polar surface area (TPSA) is 69.7 Å². The van der Waals surface area contributed by atoms with E-state index in [2.05, 4.69) is 5.32 Å². The van der Waals surface area contributed by atoms with E-state index in [1.807, 2.05) is 0 Å². The molecule has 2 aromatic carbocycles. The van der Waals surface area contributed by atoms with Crippen LogP contribution < -0.4 is 9.62 Å². The predicted octanol–water partition coefficient (Wildman–Crippen LogP) is 2.22. The first-order chi connectivity index (χ1) is 11.7. The van der Waals surface area contributed by atoms with Crippen LogP contribution in [0.15, 0.2) is 48.5 Å². The van der Waals surface area contributed by atoms with Gasteiger partial charge < -0.3 is 5.32 Å². The summed E-state index contributed by atoms with van der Waals surface area (Å²) in [6.45, 7) is -0.713. The quantitative estimate of drug-likeness (QED) is 0.849. The van der Waals surface area contributed by atoms with Crippen molar-refractivity contribution in [3.63, 3.8) is 0 Å². The minimum absolute atomic E-state index is 0.0942. The summed E-state index contributed by atoms with van der Waals surface area (Å²) in [5.41, 5.74) is -0.372. The van der Waals surface area contributed by atoms with Gasteiger partial charge in [0.1, 0.15) is 18.2 Å². The summed E-state index contributed by atoms with van der Waals surface area (Å²) >= 11 is 0. The van der Waals surface area contributed by atoms with Gasteiger partial charge in [-0.2, -0.15) is 12.7 Å². The summed E-state index contributed by atoms with van der Waals surface area (Å²) in [6, 6.07) is 10.6. The summed E-state index contributed by atoms with van der Waals surface area (Å²) in [5.74, 6) is -2.27. The molecule has 25 heavy (non-hydrogen) atoms. The van der Waals surface area contributed by atoms with Crippen LogP contribution >= 0.6 is 0 Å². The van der Waals surface area contributed by atoms with Crippen LogP contribution in [0.2, 0.25) is 0 Å². The lowest BCUT2D eigenvalue weighted by molar-refractivity contribution is -0.114. The molecule has 2 rings (SSSR count). The van der Waals surface area contributed by atoms with E-state index in [1.165, 1.54) is 50.5 Å². The smallest absolute Gasteiger partial charge is 0.304 e. The summed E-state index contributed by atoms with van der Waals surface area (Å²) in [4.78, 5) is 12.2. The fourth-order valence-electron chi connectivity index (χ4n) is 2.02. The van der Waals surface area contributed by atoms with E-state index in [4.69, 9.17) is 0 Å². The molecule has 0 heterocycles. The summed E-state index contributed by atoms with van der Waals surface area (Å²) in [6.07, 6.45) is 0. The normalized spacial score (nSPS) is 11.4. The zero-order valence-electron chi connectivity index (χ0n) is 13.6. The van der Waals surface area contributed by atoms with Crippen molar-refractivity contribution in [2.45, 2.75) is 0 Å². The molecule has 0 unspecified atom stereocenters. The first-order valence-corrected chi connectivity index (χ1v) is 8.62. The minimum Gasteiger partial charge on any atom is -0.322 e. The second-order valence-corrected chi connectivity index (χ2v) is 7.34. The fraction of sp³-hybridized carbons (Fsp3) is 0.188. The predicted molar refractivity (Wildman–Crippen MR) is 91.4 cm³/mol. The number of anilines is 2. The van der Waals surface area contributed by atoms with Crippen LogP contribution in [0, 0.1) is 11.6 Å². The van der Waals surface area contributed by atoms with E-state index in [0.29, 0.717) is 4.31 Å². The Hall–Kier alpha value is -2.52. The highest BCUT2D eigenvalue weighted by atomic mass is 32.2. The minimum atomic E-state index is -4.14. The van der Waals surface area contributed by atoms with Gasteiger partial charge in [-0.25, -0.2) is 13.1 Å². The SMILES string of the molecule is CN(C)S(=O)(=O)N(CC(=O)Nc1ccccc1F)c1ccccc1F. The standard InChI is InChI=1S/C16H17F2N3O3S/c1-20(2)25(23,24)21(15-10-6-4-8-13(15)18)11-16(22)19-14-9-5-3-7-12(14)17/h3-10H,11H2,1-2H3,(H,19,22). The van der Waals surface area contributed by atoms with E-state index in [9.17, 15) is 22.0 Å². The molecular weight excluding hydrogens is 352 g/mol. The number of amides is 1. The van der Waals surface area contributed by atoms with Crippen LogP contribution in [0.3, 0.4) is 0 Å². The van der Waals surface area contributed by atoms with Crippen molar-refractivity contribution in [2.24, 2.45) is 0 Å². The number of carbonyl (C=O) groups excluding carboxylic acids is 1. The van der Waals surface area contributed by atoms with Crippen molar-refractivity contribution in [1.29, 1.82) is 0 Å². The van der Waals surface area contributed by atoms with Crippen LogP contribution in [0.1, 0.15) is 0 Å². The highest BCUT2D eigenvalue weighted by Crippen LogP contribution is 2.23. The summed E-state index contributed by atoms with van der Waals surface area (Å²) in [7, 11) is -1.62. The molecule has 2 aromatic rings. The summed E-state index contributed by atoms with van der Waals surface area (Å²) < 4.78 is 54.1. The number of rotatable bonds is 6. The van der Waals surface area contributed by atoms with Gasteiger partial charge in [-0.1, -0.05) is 24.3 Å². The number of hydrogen-bond acceptors (Lipinski definition) is 3. The van der Waals surface area contributed by atoms with E-state index in [1.54, 1.807) is 0 Å². The van der Waals surface area contributed by atoms with E-state index < -0.39 is 34.3 Å². The van der Waals surface area contributed by atoms with Gasteiger partial charge >= 0.3 is 10.2 Å². The zero-order valence-corrected chi connectivity index (χ0v) is 14.4. The Kier molecular flexibility index (Phi) is 5.70. The highest BCUT2D eigenvalue weighted by molar-refractivity contribution is 7.90. The van der Waals surface area contributed by atoms with Crippen molar-refractivity contribution >= 4 is 27.5 Å². The average Bonchev–Trinajstić information content (AvgIpc) is 2.55. The molecule has 0 atom stereocenters. The van der Waals surface area contributed by atoms with Crippen LogP contribution in [-0.4, -0.2) is 39.3 Å². The molecule has 0 aliphatic rings. The summed E-state index contributed by atoms with van der Waals surface area (Å²) in [5, 5.41) is 2.28. The van der Waals surface area contributed by atoms with Gasteiger partial charge in [-0.05, 0) is 24.3 Å². The molecule has 1 N–H and O–H groups in total. The third-order valence-corrected chi connectivity index (χ3v) is 5.10. The molecule has 0 bridgehead atoms. The Morgan fingerprint density at radius 1 is 1.00 bits per heavy atom. The molecule has 0 aliphatic carbocycles. The Morgan fingerprint density at radius 2 is 1.56 bits per heavy atom. The molecule has 0 fully saturated rings. The Morgan fingerprint density at radius 3 is 2.12 bits per heavy atom. The molecule has 134 valence electrons. The monoisotopic (exact) mass is 369 g/mol. The van der Waals surface area contributed by atoms with Gasteiger partial charge in [-0.3, -0.25) is 4.79 Å². The molecule has 6 nitrogen and oxygen atoms in total. The number of hydrogen-bond donors (Lipinski definition) is 1. The molecule has 0 aliphatic heterocycles. The molecule has 1 amide bonds. The molecular formula is C16H17F2N3O3S. The number of benzene rings is 2. The van der Waals surface area contributed by atoms with E-state index >= 15 is 0 Å². The second-order valence-electron chi connectivity index (χ2n) is 5.28. The number of para-hydroxylation sites is 2. The fourth-order valence-corrected chi connectivity index (χ4v) is 3.10. The number of nitrogens with zero attached hydrogens (tertiary/aromatic N) is 2. The van der Waals surface area contributed by atoms with Crippen molar-refractivity contribution in [3.05, 3.63) is 60.2 Å². The number of carbonyl (C=O) groups is 1. The maximum Gasteiger partial charge on any atom is 0.304 e. The zero-order chi connectivity index (χ0) is 18.6.